The van der Waals surface area contributed by atoms with Gasteiger partial charge in [0, 0.05) is 35.3 Å². The van der Waals surface area contributed by atoms with E-state index in [4.69, 9.17) is 11.6 Å². The Labute approximate surface area is 155 Å². The molecule has 0 saturated heterocycles. The fourth-order valence-electron chi connectivity index (χ4n) is 2.18. The Morgan fingerprint density at radius 3 is 2.54 bits per heavy atom. The maximum atomic E-state index is 12.1. The van der Waals surface area contributed by atoms with Gasteiger partial charge in [-0.3, -0.25) is 14.9 Å². The number of carbonyl (C=O) groups is 1. The third-order valence-electron chi connectivity index (χ3n) is 3.46. The quantitative estimate of drug-likeness (QED) is 0.422. The molecule has 26 heavy (non-hydrogen) atoms. The lowest BCUT2D eigenvalue weighted by atomic mass is 10.1. The highest BCUT2D eigenvalue weighted by Crippen LogP contribution is 2.18. The van der Waals surface area contributed by atoms with E-state index in [1.165, 1.54) is 43.3 Å². The molecule has 0 atom stereocenters. The van der Waals surface area contributed by atoms with E-state index in [1.54, 1.807) is 6.07 Å². The SMILES string of the molecule is Cc1cc(C(=O)NCCNS(=O)(=O)c2cccc(Cl)c2)ccc1[N+](=O)[O-]. The van der Waals surface area contributed by atoms with Crippen LogP contribution in [0.4, 0.5) is 5.69 Å². The van der Waals surface area contributed by atoms with Gasteiger partial charge in [-0.05, 0) is 37.3 Å². The summed E-state index contributed by atoms with van der Waals surface area (Å²) >= 11 is 5.77. The van der Waals surface area contributed by atoms with Crippen molar-refractivity contribution in [3.05, 3.63) is 68.7 Å². The van der Waals surface area contributed by atoms with Gasteiger partial charge < -0.3 is 5.32 Å². The fourth-order valence-corrected chi connectivity index (χ4v) is 3.51. The van der Waals surface area contributed by atoms with E-state index in [1.807, 2.05) is 0 Å². The summed E-state index contributed by atoms with van der Waals surface area (Å²) in [6.07, 6.45) is 0. The number of benzene rings is 2. The molecule has 0 spiro atoms. The number of rotatable bonds is 7. The van der Waals surface area contributed by atoms with Crippen molar-refractivity contribution < 1.29 is 18.1 Å². The number of nitrogens with zero attached hydrogens (tertiary/aromatic N) is 1. The van der Waals surface area contributed by atoms with Crippen LogP contribution < -0.4 is 10.0 Å². The predicted molar refractivity (Wildman–Crippen MR) is 96.8 cm³/mol. The monoisotopic (exact) mass is 397 g/mol. The van der Waals surface area contributed by atoms with Crippen molar-refractivity contribution in [3.63, 3.8) is 0 Å². The van der Waals surface area contributed by atoms with Crippen LogP contribution in [0.15, 0.2) is 47.4 Å². The topological polar surface area (TPSA) is 118 Å². The first kappa shape index (κ1) is 19.8. The van der Waals surface area contributed by atoms with Gasteiger partial charge in [0.15, 0.2) is 0 Å². The van der Waals surface area contributed by atoms with Gasteiger partial charge in [0.05, 0.1) is 9.82 Å². The van der Waals surface area contributed by atoms with Crippen LogP contribution in [-0.2, 0) is 10.0 Å². The highest BCUT2D eigenvalue weighted by Gasteiger charge is 2.15. The Balaban J connectivity index is 1.90. The van der Waals surface area contributed by atoms with E-state index in [9.17, 15) is 23.3 Å². The highest BCUT2D eigenvalue weighted by atomic mass is 35.5. The van der Waals surface area contributed by atoms with Crippen LogP contribution in [0.2, 0.25) is 5.02 Å². The molecule has 138 valence electrons. The zero-order valence-corrected chi connectivity index (χ0v) is 15.3. The van der Waals surface area contributed by atoms with Crippen molar-refractivity contribution in [1.82, 2.24) is 10.0 Å². The van der Waals surface area contributed by atoms with Crippen molar-refractivity contribution in [3.8, 4) is 0 Å². The minimum absolute atomic E-state index is 0.0213. The molecule has 0 bridgehead atoms. The van der Waals surface area contributed by atoms with Crippen LogP contribution in [0, 0.1) is 17.0 Å². The number of sulfonamides is 1. The number of nitro groups is 1. The largest absolute Gasteiger partial charge is 0.351 e. The van der Waals surface area contributed by atoms with E-state index < -0.39 is 20.9 Å². The predicted octanol–water partition coefficient (Wildman–Crippen LogP) is 2.26. The van der Waals surface area contributed by atoms with E-state index in [2.05, 4.69) is 10.0 Å². The highest BCUT2D eigenvalue weighted by molar-refractivity contribution is 7.89. The molecule has 2 N–H and O–H groups in total. The molecule has 2 aromatic rings. The van der Waals surface area contributed by atoms with Crippen molar-refractivity contribution in [2.24, 2.45) is 0 Å². The second-order valence-corrected chi connectivity index (χ2v) is 7.57. The van der Waals surface area contributed by atoms with Gasteiger partial charge in [-0.25, -0.2) is 13.1 Å². The molecule has 8 nitrogen and oxygen atoms in total. The first-order valence-electron chi connectivity index (χ1n) is 7.49. The average molecular weight is 398 g/mol. The number of amides is 1. The molecular weight excluding hydrogens is 382 g/mol. The number of halogens is 1. The summed E-state index contributed by atoms with van der Waals surface area (Å²) < 4.78 is 26.6. The lowest BCUT2D eigenvalue weighted by Gasteiger charge is -2.09. The van der Waals surface area contributed by atoms with Gasteiger partial charge in [-0.1, -0.05) is 17.7 Å². The maximum Gasteiger partial charge on any atom is 0.272 e. The number of hydrogen-bond acceptors (Lipinski definition) is 5. The number of carbonyl (C=O) groups excluding carboxylic acids is 1. The smallest absolute Gasteiger partial charge is 0.272 e. The minimum Gasteiger partial charge on any atom is -0.351 e. The third kappa shape index (κ3) is 5.01. The number of hydrogen-bond donors (Lipinski definition) is 2. The summed E-state index contributed by atoms with van der Waals surface area (Å²) in [5.41, 5.74) is 0.547. The maximum absolute atomic E-state index is 12.1. The van der Waals surface area contributed by atoms with Crippen LogP contribution in [0.25, 0.3) is 0 Å². The molecule has 0 heterocycles. The fraction of sp³-hybridized carbons (Fsp3) is 0.188. The van der Waals surface area contributed by atoms with Crippen LogP contribution in [0.3, 0.4) is 0 Å². The standard InChI is InChI=1S/C16H16ClN3O5S/c1-11-9-12(5-6-15(11)20(22)23)16(21)18-7-8-19-26(24,25)14-4-2-3-13(17)10-14/h2-6,9-10,19H,7-8H2,1H3,(H,18,21). The van der Waals surface area contributed by atoms with Crippen LogP contribution in [0.5, 0.6) is 0 Å². The molecule has 0 unspecified atom stereocenters. The summed E-state index contributed by atoms with van der Waals surface area (Å²) in [6, 6.07) is 9.82. The molecule has 10 heteroatoms. The van der Waals surface area contributed by atoms with Crippen LogP contribution in [-0.4, -0.2) is 32.3 Å². The Bertz CT molecular complexity index is 947. The minimum atomic E-state index is -3.73. The lowest BCUT2D eigenvalue weighted by molar-refractivity contribution is -0.385. The molecule has 0 fully saturated rings. The Morgan fingerprint density at radius 2 is 1.92 bits per heavy atom. The summed E-state index contributed by atoms with van der Waals surface area (Å²) in [7, 11) is -3.73. The van der Waals surface area contributed by atoms with Gasteiger partial charge in [-0.2, -0.15) is 0 Å². The van der Waals surface area contributed by atoms with Crippen LogP contribution >= 0.6 is 11.6 Å². The number of aryl methyl sites for hydroxylation is 1. The van der Waals surface area contributed by atoms with Gasteiger partial charge in [0.2, 0.25) is 10.0 Å². The first-order chi connectivity index (χ1) is 12.2. The van der Waals surface area contributed by atoms with E-state index in [-0.39, 0.29) is 29.2 Å². The molecule has 0 aliphatic heterocycles. The third-order valence-corrected chi connectivity index (χ3v) is 5.16. The second-order valence-electron chi connectivity index (χ2n) is 5.37. The Kier molecular flexibility index (Phi) is 6.30. The zero-order chi connectivity index (χ0) is 19.3. The molecule has 0 aliphatic carbocycles. The van der Waals surface area contributed by atoms with Gasteiger partial charge in [0.1, 0.15) is 0 Å². The summed E-state index contributed by atoms with van der Waals surface area (Å²) in [5, 5.41) is 13.6. The number of nitrogens with one attached hydrogen (secondary N) is 2. The summed E-state index contributed by atoms with van der Waals surface area (Å²) in [6.45, 7) is 1.56. The number of nitro benzene ring substituents is 1. The first-order valence-corrected chi connectivity index (χ1v) is 9.35. The summed E-state index contributed by atoms with van der Waals surface area (Å²) in [5.74, 6) is -0.454. The van der Waals surface area contributed by atoms with Gasteiger partial charge in [-0.15, -0.1) is 0 Å². The molecule has 0 aromatic heterocycles. The normalized spacial score (nSPS) is 11.2. The average Bonchev–Trinajstić information content (AvgIpc) is 2.58. The van der Waals surface area contributed by atoms with E-state index in [0.29, 0.717) is 10.6 Å². The molecule has 2 rings (SSSR count). The van der Waals surface area contributed by atoms with Crippen molar-refractivity contribution >= 4 is 33.2 Å². The van der Waals surface area contributed by atoms with Crippen molar-refractivity contribution in [1.29, 1.82) is 0 Å². The molecule has 0 aliphatic rings. The Hall–Kier alpha value is -2.49. The molecule has 2 aromatic carbocycles. The van der Waals surface area contributed by atoms with Gasteiger partial charge >= 0.3 is 0 Å². The second kappa shape index (κ2) is 8.26. The van der Waals surface area contributed by atoms with E-state index >= 15 is 0 Å². The Morgan fingerprint density at radius 1 is 1.19 bits per heavy atom. The lowest BCUT2D eigenvalue weighted by Crippen LogP contribution is -2.34. The van der Waals surface area contributed by atoms with Crippen LogP contribution in [0.1, 0.15) is 15.9 Å². The molecular formula is C16H16ClN3O5S. The molecule has 0 saturated carbocycles. The molecule has 0 radical (unpaired) electrons. The van der Waals surface area contributed by atoms with Crippen molar-refractivity contribution in [2.45, 2.75) is 11.8 Å². The van der Waals surface area contributed by atoms with E-state index in [0.717, 1.165) is 0 Å². The summed E-state index contributed by atoms with van der Waals surface area (Å²) in [4.78, 5) is 22.3. The van der Waals surface area contributed by atoms with Crippen molar-refractivity contribution in [2.75, 3.05) is 13.1 Å². The van der Waals surface area contributed by atoms with Gasteiger partial charge in [0.25, 0.3) is 11.6 Å². The zero-order valence-electron chi connectivity index (χ0n) is 13.7. The molecule has 1 amide bonds.